The number of nitrogens with zero attached hydrogens (tertiary/aromatic N) is 1. The summed E-state index contributed by atoms with van der Waals surface area (Å²) in [4.78, 5) is 0.142. The third-order valence-electron chi connectivity index (χ3n) is 4.54. The first-order valence-corrected chi connectivity index (χ1v) is 10.6. The topological polar surface area (TPSA) is 66.8 Å². The van der Waals surface area contributed by atoms with E-state index in [0.29, 0.717) is 5.75 Å². The van der Waals surface area contributed by atoms with Crippen LogP contribution in [0.5, 0.6) is 5.75 Å². The fourth-order valence-corrected chi connectivity index (χ4v) is 4.88. The average molecular weight is 392 g/mol. The lowest BCUT2D eigenvalue weighted by Crippen LogP contribution is -2.54. The summed E-state index contributed by atoms with van der Waals surface area (Å²) in [5.74, 6) is 0.645. The van der Waals surface area contributed by atoms with Crippen LogP contribution in [0, 0.1) is 5.92 Å². The van der Waals surface area contributed by atoms with Crippen LogP contribution < -0.4 is 4.74 Å². The summed E-state index contributed by atoms with van der Waals surface area (Å²) in [5.41, 5.74) is -0.620. The number of sulfonamides is 1. The summed E-state index contributed by atoms with van der Waals surface area (Å²) in [6.07, 6.45) is 0.510. The van der Waals surface area contributed by atoms with Gasteiger partial charge in [0.15, 0.2) is 0 Å². The molecule has 0 heterocycles. The lowest BCUT2D eigenvalue weighted by molar-refractivity contribution is -0.0674. The van der Waals surface area contributed by atoms with Crippen molar-refractivity contribution in [2.75, 3.05) is 13.7 Å². The number of ether oxygens (including phenoxy) is 1. The van der Waals surface area contributed by atoms with Gasteiger partial charge in [-0.2, -0.15) is 4.31 Å². The molecule has 1 atom stereocenters. The minimum Gasteiger partial charge on any atom is -0.497 e. The second kappa shape index (κ2) is 8.87. The second-order valence-corrected chi connectivity index (χ2v) is 8.97. The van der Waals surface area contributed by atoms with Crippen molar-refractivity contribution in [3.05, 3.63) is 60.2 Å². The van der Waals surface area contributed by atoms with Gasteiger partial charge in [0.2, 0.25) is 10.0 Å². The number of methoxy groups -OCH3 is 1. The van der Waals surface area contributed by atoms with Crippen molar-refractivity contribution in [1.29, 1.82) is 0 Å². The monoisotopic (exact) mass is 391 g/mol. The van der Waals surface area contributed by atoms with E-state index in [0.717, 1.165) is 5.56 Å². The van der Waals surface area contributed by atoms with Gasteiger partial charge in [0.1, 0.15) is 11.5 Å². The van der Waals surface area contributed by atoms with E-state index in [1.54, 1.807) is 19.1 Å². The van der Waals surface area contributed by atoms with Crippen molar-refractivity contribution in [2.45, 2.75) is 44.2 Å². The van der Waals surface area contributed by atoms with Crippen LogP contribution in [0.25, 0.3) is 0 Å². The maximum absolute atomic E-state index is 13.4. The van der Waals surface area contributed by atoms with E-state index in [-0.39, 0.29) is 30.2 Å². The molecular formula is C21H29NO4S. The maximum Gasteiger partial charge on any atom is 0.245 e. The average Bonchev–Trinajstić information content (AvgIpc) is 2.66. The zero-order chi connectivity index (χ0) is 20.1. The van der Waals surface area contributed by atoms with Crippen molar-refractivity contribution in [1.82, 2.24) is 4.31 Å². The first-order chi connectivity index (χ1) is 12.7. The molecule has 2 aromatic rings. The largest absolute Gasteiger partial charge is 0.497 e. The highest BCUT2D eigenvalue weighted by Crippen LogP contribution is 2.30. The third-order valence-corrected chi connectivity index (χ3v) is 6.48. The normalized spacial score (nSPS) is 14.3. The smallest absolute Gasteiger partial charge is 0.245 e. The van der Waals surface area contributed by atoms with Gasteiger partial charge in [0.05, 0.1) is 12.0 Å². The van der Waals surface area contributed by atoms with Crippen molar-refractivity contribution in [3.8, 4) is 5.75 Å². The minimum absolute atomic E-state index is 0.0619. The van der Waals surface area contributed by atoms with Crippen LogP contribution in [-0.2, 0) is 16.4 Å². The van der Waals surface area contributed by atoms with E-state index in [1.165, 1.54) is 23.5 Å². The third kappa shape index (κ3) is 5.09. The summed E-state index contributed by atoms with van der Waals surface area (Å²) in [5, 5.41) is 11.4. The van der Waals surface area contributed by atoms with E-state index >= 15 is 0 Å². The van der Waals surface area contributed by atoms with Crippen LogP contribution in [0.2, 0.25) is 0 Å². The van der Waals surface area contributed by atoms with Gasteiger partial charge in [0.25, 0.3) is 0 Å². The van der Waals surface area contributed by atoms with Gasteiger partial charge >= 0.3 is 0 Å². The van der Waals surface area contributed by atoms with Crippen LogP contribution in [0.1, 0.15) is 32.8 Å². The molecule has 27 heavy (non-hydrogen) atoms. The summed E-state index contributed by atoms with van der Waals surface area (Å²) in [7, 11) is -2.35. The van der Waals surface area contributed by atoms with Gasteiger partial charge in [-0.05, 0) is 42.2 Å². The molecule has 5 nitrogen and oxygen atoms in total. The molecule has 0 aliphatic rings. The highest BCUT2D eigenvalue weighted by molar-refractivity contribution is 7.89. The first kappa shape index (κ1) is 21.4. The molecule has 0 aliphatic carbocycles. The van der Waals surface area contributed by atoms with Gasteiger partial charge in [-0.3, -0.25) is 0 Å². The number of hydrogen-bond acceptors (Lipinski definition) is 4. The molecule has 1 N–H and O–H groups in total. The Labute approximate surface area is 162 Å². The Morgan fingerprint density at radius 1 is 1.07 bits per heavy atom. The molecule has 0 bridgehead atoms. The molecule has 0 spiro atoms. The van der Waals surface area contributed by atoms with Crippen LogP contribution in [-0.4, -0.2) is 37.2 Å². The standard InChI is InChI=1S/C21H29NO4S/c1-5-21(23,15-18-9-7-6-8-10-18)22(16-17(2)3)27(24,25)20-13-11-19(26-4)12-14-20/h6-14,17,23H,5,15-16H2,1-4H3. The molecular weight excluding hydrogens is 362 g/mol. The van der Waals surface area contributed by atoms with Gasteiger partial charge in [-0.15, -0.1) is 0 Å². The van der Waals surface area contributed by atoms with E-state index in [2.05, 4.69) is 0 Å². The van der Waals surface area contributed by atoms with Crippen molar-refractivity contribution >= 4 is 10.0 Å². The predicted molar refractivity (Wildman–Crippen MR) is 107 cm³/mol. The summed E-state index contributed by atoms with van der Waals surface area (Å²) >= 11 is 0. The van der Waals surface area contributed by atoms with Crippen molar-refractivity contribution < 1.29 is 18.3 Å². The predicted octanol–water partition coefficient (Wildman–Crippen LogP) is 3.68. The van der Waals surface area contributed by atoms with Gasteiger partial charge in [0, 0.05) is 13.0 Å². The molecule has 0 aromatic heterocycles. The van der Waals surface area contributed by atoms with E-state index in [1.807, 2.05) is 44.2 Å². The fraction of sp³-hybridized carbons (Fsp3) is 0.429. The van der Waals surface area contributed by atoms with Crippen molar-refractivity contribution in [2.24, 2.45) is 5.92 Å². The Kier molecular flexibility index (Phi) is 7.03. The Morgan fingerprint density at radius 3 is 2.15 bits per heavy atom. The fourth-order valence-electron chi connectivity index (χ4n) is 3.01. The molecule has 0 saturated heterocycles. The van der Waals surface area contributed by atoms with Gasteiger partial charge in [-0.25, -0.2) is 8.42 Å². The molecule has 0 radical (unpaired) electrons. The summed E-state index contributed by atoms with van der Waals surface area (Å²) in [6.45, 7) is 5.91. The lowest BCUT2D eigenvalue weighted by atomic mass is 9.99. The van der Waals surface area contributed by atoms with Crippen LogP contribution in [0.3, 0.4) is 0 Å². The number of aliphatic hydroxyl groups is 1. The maximum atomic E-state index is 13.4. The SMILES string of the molecule is CCC(O)(Cc1ccccc1)N(CC(C)C)S(=O)(=O)c1ccc(OC)cc1. The highest BCUT2D eigenvalue weighted by Gasteiger charge is 2.41. The zero-order valence-electron chi connectivity index (χ0n) is 16.4. The zero-order valence-corrected chi connectivity index (χ0v) is 17.2. The summed E-state index contributed by atoms with van der Waals surface area (Å²) in [6, 6.07) is 15.7. The molecule has 6 heteroatoms. The Morgan fingerprint density at radius 2 is 1.67 bits per heavy atom. The molecule has 0 aliphatic heterocycles. The number of hydrogen-bond donors (Lipinski definition) is 1. The lowest BCUT2D eigenvalue weighted by Gasteiger charge is -2.39. The summed E-state index contributed by atoms with van der Waals surface area (Å²) < 4.78 is 33.1. The van der Waals surface area contributed by atoms with Crippen LogP contribution in [0.4, 0.5) is 0 Å². The molecule has 0 fully saturated rings. The van der Waals surface area contributed by atoms with E-state index < -0.39 is 15.7 Å². The Hall–Kier alpha value is -1.89. The number of benzene rings is 2. The molecule has 2 rings (SSSR count). The minimum atomic E-state index is -3.88. The highest BCUT2D eigenvalue weighted by atomic mass is 32.2. The van der Waals surface area contributed by atoms with E-state index in [4.69, 9.17) is 4.74 Å². The quantitative estimate of drug-likeness (QED) is 0.662. The van der Waals surface area contributed by atoms with Crippen molar-refractivity contribution in [3.63, 3.8) is 0 Å². The van der Waals surface area contributed by atoms with Gasteiger partial charge < -0.3 is 9.84 Å². The molecule has 2 aromatic carbocycles. The van der Waals surface area contributed by atoms with Crippen LogP contribution >= 0.6 is 0 Å². The van der Waals surface area contributed by atoms with Gasteiger partial charge in [-0.1, -0.05) is 51.1 Å². The second-order valence-electron chi connectivity index (χ2n) is 7.10. The Bertz CT molecular complexity index is 819. The molecule has 148 valence electrons. The Balaban J connectivity index is 2.47. The molecule has 1 unspecified atom stereocenters. The van der Waals surface area contributed by atoms with E-state index in [9.17, 15) is 13.5 Å². The molecule has 0 amide bonds. The molecule has 0 saturated carbocycles. The first-order valence-electron chi connectivity index (χ1n) is 9.16. The van der Waals surface area contributed by atoms with Crippen LogP contribution in [0.15, 0.2) is 59.5 Å². The number of rotatable bonds is 9.